The zero-order valence-corrected chi connectivity index (χ0v) is 6.17. The van der Waals surface area contributed by atoms with E-state index in [0.717, 1.165) is 6.54 Å². The Bertz CT molecular complexity index is 37.4. The van der Waals surface area contributed by atoms with Gasteiger partial charge in [0.2, 0.25) is 0 Å². The van der Waals surface area contributed by atoms with Gasteiger partial charge in [0.05, 0.1) is 0 Å². The van der Waals surface area contributed by atoms with E-state index in [4.69, 9.17) is 11.5 Å². The van der Waals surface area contributed by atoms with Crippen LogP contribution < -0.4 is 5.23 Å². The molecule has 3 heteroatoms. The van der Waals surface area contributed by atoms with Crippen molar-refractivity contribution in [3.05, 3.63) is 0 Å². The van der Waals surface area contributed by atoms with Crippen molar-refractivity contribution in [3.63, 3.8) is 0 Å². The van der Waals surface area contributed by atoms with Crippen molar-refractivity contribution in [2.24, 2.45) is 0 Å². The molecule has 0 aliphatic heterocycles. The Balaban J connectivity index is 2.53. The molecule has 0 fully saturated rings. The summed E-state index contributed by atoms with van der Waals surface area (Å²) >= 11 is 5.37. The number of hydrogen-bond donors (Lipinski definition) is 1. The summed E-state index contributed by atoms with van der Waals surface area (Å²) in [7, 11) is 0. The smallest absolute Gasteiger partial charge is 0.311 e. The van der Waals surface area contributed by atoms with Crippen LogP contribution in [0.15, 0.2) is 0 Å². The number of unbranched alkanes of at least 4 members (excludes halogenated alkanes) is 2. The molecule has 0 spiro atoms. The molecule has 0 aromatic heterocycles. The van der Waals surface area contributed by atoms with E-state index in [1.54, 1.807) is 0 Å². The Kier molecular flexibility index (Phi) is 7.60. The van der Waals surface area contributed by atoms with Crippen LogP contribution in [0.2, 0.25) is 0 Å². The topological polar surface area (TPSA) is 12.0 Å². The highest BCUT2D eigenvalue weighted by atomic mass is 35.5. The van der Waals surface area contributed by atoms with E-state index in [1.165, 1.54) is 19.3 Å². The Morgan fingerprint density at radius 1 is 1.50 bits per heavy atom. The molecule has 0 aromatic carbocycles. The van der Waals surface area contributed by atoms with E-state index >= 15 is 0 Å². The molecular weight excluding hydrogens is 120 g/mol. The van der Waals surface area contributed by atoms with Crippen molar-refractivity contribution in [1.29, 1.82) is 0 Å². The third-order valence-corrected chi connectivity index (χ3v) is 1.24. The average molecular weight is 133 g/mol. The third-order valence-electron chi connectivity index (χ3n) is 1.05. The average Bonchev–Trinajstić information content (AvgIpc) is 1.81. The molecule has 0 amide bonds. The van der Waals surface area contributed by atoms with E-state index in [1.807, 2.05) is 0 Å². The second-order valence-corrected chi connectivity index (χ2v) is 2.11. The van der Waals surface area contributed by atoms with Crippen LogP contribution in [-0.2, 0) is 0 Å². The van der Waals surface area contributed by atoms with E-state index in [2.05, 4.69) is 12.2 Å². The first-order chi connectivity index (χ1) is 3.91. The van der Waals surface area contributed by atoms with Crippen LogP contribution in [0.5, 0.6) is 0 Å². The first kappa shape index (κ1) is 8.31. The highest BCUT2D eigenvalue weighted by Gasteiger charge is 1.83. The van der Waals surface area contributed by atoms with E-state index in [9.17, 15) is 0 Å². The minimum Gasteiger partial charge on any atom is -0.345 e. The molecule has 1 N–H and O–H groups in total. The Morgan fingerprint density at radius 3 is 2.75 bits per heavy atom. The summed E-state index contributed by atoms with van der Waals surface area (Å²) in [6.07, 6.45) is 3.84. The fourth-order valence-corrected chi connectivity index (χ4v) is 0.700. The lowest BCUT2D eigenvalue weighted by molar-refractivity contribution is 0.704. The van der Waals surface area contributed by atoms with Crippen LogP contribution in [-0.4, -0.2) is 13.4 Å². The number of nitrogens with one attached hydrogen (secondary N) is 1. The summed E-state index contributed by atoms with van der Waals surface area (Å²) in [6, 6.07) is 0. The molecule has 0 radical (unpaired) electrons. The predicted octanol–water partition coefficient (Wildman–Crippen LogP) is 1.27. The van der Waals surface area contributed by atoms with Gasteiger partial charge in [-0.15, -0.1) is 0 Å². The minimum absolute atomic E-state index is 0.587. The first-order valence-corrected chi connectivity index (χ1v) is 3.72. The second-order valence-electron chi connectivity index (χ2n) is 1.84. The summed E-state index contributed by atoms with van der Waals surface area (Å²) < 4.78 is 0. The van der Waals surface area contributed by atoms with Crippen molar-refractivity contribution in [2.45, 2.75) is 26.2 Å². The molecule has 0 heterocycles. The van der Waals surface area contributed by atoms with Gasteiger partial charge in [-0.05, 0) is 13.0 Å². The monoisotopic (exact) mass is 133 g/mol. The summed E-state index contributed by atoms with van der Waals surface area (Å²) in [5.74, 6) is 0. The lowest BCUT2D eigenvalue weighted by Crippen LogP contribution is -2.15. The lowest BCUT2D eigenvalue weighted by Gasteiger charge is -1.95. The molecule has 0 saturated carbocycles. The van der Waals surface area contributed by atoms with Crippen LogP contribution in [0.4, 0.5) is 0 Å². The predicted molar refractivity (Wildman–Crippen MR) is 40.5 cm³/mol. The Labute approximate surface area is 57.0 Å². The second kappa shape index (κ2) is 7.31. The number of rotatable bonds is 5. The van der Waals surface area contributed by atoms with Gasteiger partial charge in [-0.3, -0.25) is 0 Å². The molecular formula is C5H13BClN. The first-order valence-electron chi connectivity index (χ1n) is 3.18. The molecule has 48 valence electrons. The van der Waals surface area contributed by atoms with Crippen molar-refractivity contribution < 1.29 is 0 Å². The molecule has 0 aliphatic rings. The van der Waals surface area contributed by atoms with E-state index < -0.39 is 0 Å². The maximum atomic E-state index is 5.37. The van der Waals surface area contributed by atoms with Crippen LogP contribution in [0.1, 0.15) is 26.2 Å². The van der Waals surface area contributed by atoms with Crippen LogP contribution >= 0.6 is 11.5 Å². The van der Waals surface area contributed by atoms with Crippen LogP contribution in [0.3, 0.4) is 0 Å². The molecule has 1 nitrogen and oxygen atoms in total. The molecule has 8 heavy (non-hydrogen) atoms. The summed E-state index contributed by atoms with van der Waals surface area (Å²) in [5, 5.41) is 3.05. The van der Waals surface area contributed by atoms with E-state index in [0.29, 0.717) is 6.83 Å². The largest absolute Gasteiger partial charge is 0.345 e. The molecule has 0 bridgehead atoms. The normalized spacial score (nSPS) is 9.25. The highest BCUT2D eigenvalue weighted by Crippen LogP contribution is 1.90. The summed E-state index contributed by atoms with van der Waals surface area (Å²) in [5.41, 5.74) is 0. The zero-order valence-electron chi connectivity index (χ0n) is 5.41. The lowest BCUT2D eigenvalue weighted by atomic mass is 10.2. The molecule has 0 aliphatic carbocycles. The molecule has 0 unspecified atom stereocenters. The van der Waals surface area contributed by atoms with Gasteiger partial charge >= 0.3 is 6.83 Å². The van der Waals surface area contributed by atoms with Gasteiger partial charge in [0.1, 0.15) is 0 Å². The third kappa shape index (κ3) is 6.31. The zero-order chi connectivity index (χ0) is 6.24. The molecule has 0 saturated heterocycles. The highest BCUT2D eigenvalue weighted by molar-refractivity contribution is 6.92. The van der Waals surface area contributed by atoms with Crippen molar-refractivity contribution >= 4 is 18.3 Å². The Hall–Kier alpha value is 0.315. The maximum Gasteiger partial charge on any atom is 0.311 e. The standard InChI is InChI=1S/C5H13BClN/c1-2-3-4-5-8-6-7/h6,8H,2-5H2,1H3. The van der Waals surface area contributed by atoms with Gasteiger partial charge in [-0.2, -0.15) is 11.5 Å². The fourth-order valence-electron chi connectivity index (χ4n) is 0.567. The van der Waals surface area contributed by atoms with Gasteiger partial charge in [0.25, 0.3) is 0 Å². The number of halogens is 1. The van der Waals surface area contributed by atoms with E-state index in [-0.39, 0.29) is 0 Å². The van der Waals surface area contributed by atoms with Crippen LogP contribution in [0, 0.1) is 0 Å². The molecule has 0 rings (SSSR count). The fraction of sp³-hybridized carbons (Fsp3) is 1.00. The quantitative estimate of drug-likeness (QED) is 0.440. The van der Waals surface area contributed by atoms with Crippen molar-refractivity contribution in [1.82, 2.24) is 5.23 Å². The number of hydrogen-bond acceptors (Lipinski definition) is 1. The van der Waals surface area contributed by atoms with Gasteiger partial charge in [-0.1, -0.05) is 19.8 Å². The van der Waals surface area contributed by atoms with Gasteiger partial charge in [-0.25, -0.2) is 0 Å². The Morgan fingerprint density at radius 2 is 2.25 bits per heavy atom. The molecule has 0 aromatic rings. The van der Waals surface area contributed by atoms with Crippen LogP contribution in [0.25, 0.3) is 0 Å². The minimum atomic E-state index is 0.587. The summed E-state index contributed by atoms with van der Waals surface area (Å²) in [4.78, 5) is 0. The molecule has 0 atom stereocenters. The van der Waals surface area contributed by atoms with Gasteiger partial charge in [0.15, 0.2) is 0 Å². The summed E-state index contributed by atoms with van der Waals surface area (Å²) in [6.45, 7) is 3.85. The van der Waals surface area contributed by atoms with Crippen molar-refractivity contribution in [3.8, 4) is 0 Å². The SMILES string of the molecule is CCCCCNBCl. The van der Waals surface area contributed by atoms with Gasteiger partial charge < -0.3 is 5.23 Å². The maximum absolute atomic E-state index is 5.37. The van der Waals surface area contributed by atoms with Crippen molar-refractivity contribution in [2.75, 3.05) is 6.54 Å². The van der Waals surface area contributed by atoms with Gasteiger partial charge in [0, 0.05) is 0 Å².